The summed E-state index contributed by atoms with van der Waals surface area (Å²) in [5.74, 6) is -0.833. The number of hydrogen-bond donors (Lipinski definition) is 1. The van der Waals surface area contributed by atoms with Crippen LogP contribution in [0.1, 0.15) is 56.5 Å². The van der Waals surface area contributed by atoms with Crippen LogP contribution in [-0.2, 0) is 17.6 Å². The summed E-state index contributed by atoms with van der Waals surface area (Å²) in [7, 11) is 0. The molecular formula is C12H19N3O2. The van der Waals surface area contributed by atoms with Crippen molar-refractivity contribution in [2.24, 2.45) is 0 Å². The van der Waals surface area contributed by atoms with Crippen molar-refractivity contribution in [3.8, 4) is 0 Å². The van der Waals surface area contributed by atoms with E-state index in [0.717, 1.165) is 31.4 Å². The van der Waals surface area contributed by atoms with Crippen LogP contribution in [0.15, 0.2) is 0 Å². The SMILES string of the molecule is CCCc1c(CC(=O)O)nnn1C1CCCC1. The fourth-order valence-electron chi connectivity index (χ4n) is 2.56. The second-order valence-corrected chi connectivity index (χ2v) is 4.69. The highest BCUT2D eigenvalue weighted by molar-refractivity contribution is 5.69. The van der Waals surface area contributed by atoms with E-state index >= 15 is 0 Å². The van der Waals surface area contributed by atoms with Gasteiger partial charge in [0.15, 0.2) is 0 Å². The van der Waals surface area contributed by atoms with Gasteiger partial charge in [0.05, 0.1) is 23.9 Å². The Kier molecular flexibility index (Phi) is 3.76. The highest BCUT2D eigenvalue weighted by atomic mass is 16.4. The molecule has 0 aliphatic heterocycles. The van der Waals surface area contributed by atoms with Gasteiger partial charge in [0.25, 0.3) is 0 Å². The summed E-state index contributed by atoms with van der Waals surface area (Å²) in [6.45, 7) is 2.09. The molecule has 0 radical (unpaired) electrons. The molecule has 1 aromatic heterocycles. The Morgan fingerprint density at radius 2 is 2.18 bits per heavy atom. The molecular weight excluding hydrogens is 218 g/mol. The number of aliphatic carboxylic acids is 1. The quantitative estimate of drug-likeness (QED) is 0.850. The second kappa shape index (κ2) is 5.29. The Labute approximate surface area is 101 Å². The molecule has 5 nitrogen and oxygen atoms in total. The van der Waals surface area contributed by atoms with Crippen molar-refractivity contribution in [3.63, 3.8) is 0 Å². The van der Waals surface area contributed by atoms with Crippen LogP contribution in [0, 0.1) is 0 Å². The van der Waals surface area contributed by atoms with E-state index in [0.29, 0.717) is 11.7 Å². The molecule has 1 aliphatic rings. The summed E-state index contributed by atoms with van der Waals surface area (Å²) in [5.41, 5.74) is 1.67. The molecule has 2 rings (SSSR count). The summed E-state index contributed by atoms with van der Waals surface area (Å²) in [6, 6.07) is 0.437. The standard InChI is InChI=1S/C12H19N3O2/c1-2-5-11-10(8-12(16)17)13-14-15(11)9-6-3-4-7-9/h9H,2-8H2,1H3,(H,16,17). The zero-order valence-corrected chi connectivity index (χ0v) is 10.2. The van der Waals surface area contributed by atoms with E-state index in [1.807, 2.05) is 4.68 Å². The maximum absolute atomic E-state index is 10.8. The van der Waals surface area contributed by atoms with Crippen LogP contribution >= 0.6 is 0 Å². The highest BCUT2D eigenvalue weighted by Crippen LogP contribution is 2.30. The van der Waals surface area contributed by atoms with Crippen LogP contribution in [0.25, 0.3) is 0 Å². The van der Waals surface area contributed by atoms with Crippen molar-refractivity contribution >= 4 is 5.97 Å². The third kappa shape index (κ3) is 2.65. The Hall–Kier alpha value is -1.39. The number of hydrogen-bond acceptors (Lipinski definition) is 3. The fourth-order valence-corrected chi connectivity index (χ4v) is 2.56. The molecule has 1 N–H and O–H groups in total. The second-order valence-electron chi connectivity index (χ2n) is 4.69. The molecule has 0 saturated heterocycles. The van der Waals surface area contributed by atoms with Crippen molar-refractivity contribution in [2.75, 3.05) is 0 Å². The maximum Gasteiger partial charge on any atom is 0.309 e. The van der Waals surface area contributed by atoms with E-state index < -0.39 is 5.97 Å². The highest BCUT2D eigenvalue weighted by Gasteiger charge is 2.23. The smallest absolute Gasteiger partial charge is 0.309 e. The molecule has 0 unspecified atom stereocenters. The van der Waals surface area contributed by atoms with Crippen LogP contribution in [0.2, 0.25) is 0 Å². The largest absolute Gasteiger partial charge is 0.481 e. The molecule has 1 aromatic rings. The van der Waals surface area contributed by atoms with Crippen LogP contribution in [0.3, 0.4) is 0 Å². The van der Waals surface area contributed by atoms with Crippen LogP contribution in [0.4, 0.5) is 0 Å². The van der Waals surface area contributed by atoms with E-state index in [9.17, 15) is 4.79 Å². The van der Waals surface area contributed by atoms with E-state index in [1.54, 1.807) is 0 Å². The monoisotopic (exact) mass is 237 g/mol. The third-order valence-electron chi connectivity index (χ3n) is 3.35. The lowest BCUT2D eigenvalue weighted by molar-refractivity contribution is -0.136. The van der Waals surface area contributed by atoms with Gasteiger partial charge in [-0.25, -0.2) is 4.68 Å². The Morgan fingerprint density at radius 3 is 2.76 bits per heavy atom. The number of carbonyl (C=O) groups is 1. The van der Waals surface area contributed by atoms with E-state index in [2.05, 4.69) is 17.2 Å². The van der Waals surface area contributed by atoms with Gasteiger partial charge in [-0.3, -0.25) is 4.79 Å². The lowest BCUT2D eigenvalue weighted by Gasteiger charge is -2.13. The van der Waals surface area contributed by atoms with Crippen molar-refractivity contribution in [3.05, 3.63) is 11.4 Å². The first-order valence-electron chi connectivity index (χ1n) is 6.37. The summed E-state index contributed by atoms with van der Waals surface area (Å²) in [5, 5.41) is 17.1. The number of aromatic nitrogens is 3. The van der Waals surface area contributed by atoms with Gasteiger partial charge < -0.3 is 5.11 Å². The first-order valence-corrected chi connectivity index (χ1v) is 6.37. The minimum absolute atomic E-state index is 0.0119. The van der Waals surface area contributed by atoms with Gasteiger partial charge in [0, 0.05) is 0 Å². The lowest BCUT2D eigenvalue weighted by atomic mass is 10.1. The normalized spacial score (nSPS) is 16.5. The Bertz CT molecular complexity index is 394. The van der Waals surface area contributed by atoms with Gasteiger partial charge in [-0.15, -0.1) is 5.10 Å². The molecule has 1 saturated carbocycles. The molecule has 1 heterocycles. The van der Waals surface area contributed by atoms with Gasteiger partial charge in [-0.05, 0) is 19.3 Å². The number of carboxylic acid groups (broad SMARTS) is 1. The van der Waals surface area contributed by atoms with Gasteiger partial charge in [0.1, 0.15) is 0 Å². The van der Waals surface area contributed by atoms with Crippen molar-refractivity contribution in [1.82, 2.24) is 15.0 Å². The van der Waals surface area contributed by atoms with E-state index in [1.165, 1.54) is 12.8 Å². The predicted octanol–water partition coefficient (Wildman–Crippen LogP) is 1.97. The third-order valence-corrected chi connectivity index (χ3v) is 3.35. The van der Waals surface area contributed by atoms with Crippen molar-refractivity contribution in [2.45, 2.75) is 57.9 Å². The first kappa shape index (κ1) is 12.1. The molecule has 0 aromatic carbocycles. The summed E-state index contributed by atoms with van der Waals surface area (Å²) < 4.78 is 1.98. The first-order chi connectivity index (χ1) is 8.22. The van der Waals surface area contributed by atoms with Crippen LogP contribution < -0.4 is 0 Å². The zero-order chi connectivity index (χ0) is 12.3. The van der Waals surface area contributed by atoms with Crippen LogP contribution in [-0.4, -0.2) is 26.1 Å². The number of nitrogens with zero attached hydrogens (tertiary/aromatic N) is 3. The van der Waals surface area contributed by atoms with Gasteiger partial charge in [-0.1, -0.05) is 31.4 Å². The average molecular weight is 237 g/mol. The number of carboxylic acids is 1. The molecule has 5 heteroatoms. The zero-order valence-electron chi connectivity index (χ0n) is 10.2. The van der Waals surface area contributed by atoms with Crippen molar-refractivity contribution < 1.29 is 9.90 Å². The Balaban J connectivity index is 2.24. The molecule has 0 atom stereocenters. The van der Waals surface area contributed by atoms with E-state index in [-0.39, 0.29) is 6.42 Å². The van der Waals surface area contributed by atoms with Gasteiger partial charge in [-0.2, -0.15) is 0 Å². The minimum atomic E-state index is -0.833. The lowest BCUT2D eigenvalue weighted by Crippen LogP contribution is -2.12. The van der Waals surface area contributed by atoms with Crippen LogP contribution in [0.5, 0.6) is 0 Å². The topological polar surface area (TPSA) is 68.0 Å². The Morgan fingerprint density at radius 1 is 1.47 bits per heavy atom. The van der Waals surface area contributed by atoms with Gasteiger partial charge >= 0.3 is 5.97 Å². The molecule has 0 bridgehead atoms. The summed E-state index contributed by atoms with van der Waals surface area (Å²) >= 11 is 0. The molecule has 17 heavy (non-hydrogen) atoms. The molecule has 1 aliphatic carbocycles. The molecule has 94 valence electrons. The summed E-state index contributed by atoms with van der Waals surface area (Å²) in [4.78, 5) is 10.8. The number of rotatable bonds is 5. The van der Waals surface area contributed by atoms with Crippen molar-refractivity contribution in [1.29, 1.82) is 0 Å². The molecule has 0 amide bonds. The fraction of sp³-hybridized carbons (Fsp3) is 0.750. The maximum atomic E-state index is 10.8. The average Bonchev–Trinajstić information content (AvgIpc) is 2.88. The van der Waals surface area contributed by atoms with E-state index in [4.69, 9.17) is 5.11 Å². The molecule has 1 fully saturated rings. The molecule has 0 spiro atoms. The van der Waals surface area contributed by atoms with Gasteiger partial charge in [0.2, 0.25) is 0 Å². The minimum Gasteiger partial charge on any atom is -0.481 e. The predicted molar refractivity (Wildman–Crippen MR) is 62.9 cm³/mol. The summed E-state index contributed by atoms with van der Waals surface area (Å²) in [6.07, 6.45) is 6.62.